The first-order chi connectivity index (χ1) is 11.8. The lowest BCUT2D eigenvalue weighted by Gasteiger charge is -2.14. The zero-order chi connectivity index (χ0) is 18.7. The maximum Gasteiger partial charge on any atom is 0.332 e. The average molecular weight is 341 g/mol. The molecule has 0 aliphatic carbocycles. The zero-order valence-corrected chi connectivity index (χ0v) is 14.5. The minimum absolute atomic E-state index is 0.0970. The average Bonchev–Trinajstić information content (AvgIpc) is 2.61. The summed E-state index contributed by atoms with van der Waals surface area (Å²) in [6.45, 7) is 0.297. The maximum absolute atomic E-state index is 12.0. The fourth-order valence-electron chi connectivity index (χ4n) is 2.36. The predicted molar refractivity (Wildman–Crippen MR) is 93.4 cm³/mol. The van der Waals surface area contributed by atoms with Crippen molar-refractivity contribution in [1.82, 2.24) is 14.0 Å². The van der Waals surface area contributed by atoms with E-state index in [2.05, 4.69) is 5.32 Å². The van der Waals surface area contributed by atoms with Crippen LogP contribution >= 0.6 is 0 Å². The van der Waals surface area contributed by atoms with Crippen molar-refractivity contribution in [2.45, 2.75) is 6.54 Å². The molecule has 0 saturated heterocycles. The molecule has 25 heavy (non-hydrogen) atoms. The normalized spacial score (nSPS) is 10.2. The largest absolute Gasteiger partial charge is 0.366 e. The number of anilines is 1. The molecule has 0 atom stereocenters. The number of benzene rings is 1. The maximum atomic E-state index is 12.0. The van der Waals surface area contributed by atoms with Gasteiger partial charge in [0.2, 0.25) is 0 Å². The van der Waals surface area contributed by atoms with Gasteiger partial charge in [-0.2, -0.15) is 5.26 Å². The highest BCUT2D eigenvalue weighted by atomic mass is 16.2. The van der Waals surface area contributed by atoms with Crippen LogP contribution in [0.1, 0.15) is 21.5 Å². The first-order valence-corrected chi connectivity index (χ1v) is 7.52. The van der Waals surface area contributed by atoms with Gasteiger partial charge in [-0.05, 0) is 17.7 Å². The Kier molecular flexibility index (Phi) is 5.08. The summed E-state index contributed by atoms with van der Waals surface area (Å²) in [5, 5.41) is 12.2. The number of nitrogens with one attached hydrogen (secondary N) is 1. The van der Waals surface area contributed by atoms with Gasteiger partial charge >= 0.3 is 5.69 Å². The third-order valence-electron chi connectivity index (χ3n) is 3.84. The summed E-state index contributed by atoms with van der Waals surface area (Å²) in [7, 11) is 6.18. The summed E-state index contributed by atoms with van der Waals surface area (Å²) in [5.41, 5.74) is 0.127. The third kappa shape index (κ3) is 3.45. The van der Waals surface area contributed by atoms with E-state index >= 15 is 0 Å². The molecule has 130 valence electrons. The quantitative estimate of drug-likeness (QED) is 0.860. The Labute approximate surface area is 144 Å². The number of amides is 1. The minimum atomic E-state index is -0.639. The molecule has 0 fully saturated rings. The van der Waals surface area contributed by atoms with E-state index in [-0.39, 0.29) is 17.3 Å². The van der Waals surface area contributed by atoms with E-state index < -0.39 is 11.2 Å². The monoisotopic (exact) mass is 341 g/mol. The Morgan fingerprint density at radius 3 is 2.28 bits per heavy atom. The van der Waals surface area contributed by atoms with Gasteiger partial charge in [-0.25, -0.2) is 4.79 Å². The first-order valence-electron chi connectivity index (χ1n) is 7.52. The molecule has 0 saturated carbocycles. The smallest absolute Gasteiger partial charge is 0.332 e. The van der Waals surface area contributed by atoms with Crippen LogP contribution in [-0.2, 0) is 20.6 Å². The molecule has 1 aromatic carbocycles. The van der Waals surface area contributed by atoms with Gasteiger partial charge in [0, 0.05) is 40.3 Å². The van der Waals surface area contributed by atoms with Gasteiger partial charge in [-0.15, -0.1) is 0 Å². The number of carbonyl (C=O) groups excluding carboxylic acids is 1. The Hall–Kier alpha value is -3.34. The van der Waals surface area contributed by atoms with Crippen molar-refractivity contribution in [2.24, 2.45) is 14.1 Å². The van der Waals surface area contributed by atoms with Crippen LogP contribution in [0.3, 0.4) is 0 Å². The van der Waals surface area contributed by atoms with Crippen molar-refractivity contribution in [2.75, 3.05) is 19.4 Å². The van der Waals surface area contributed by atoms with Gasteiger partial charge in [0.25, 0.3) is 11.5 Å². The molecule has 1 N–H and O–H groups in total. The number of carbonyl (C=O) groups is 1. The fourth-order valence-corrected chi connectivity index (χ4v) is 2.36. The van der Waals surface area contributed by atoms with E-state index in [0.717, 1.165) is 10.1 Å². The molecule has 1 amide bonds. The van der Waals surface area contributed by atoms with Gasteiger partial charge in [0.05, 0.1) is 0 Å². The highest BCUT2D eigenvalue weighted by Crippen LogP contribution is 2.11. The summed E-state index contributed by atoms with van der Waals surface area (Å²) >= 11 is 0. The molecule has 8 nitrogen and oxygen atoms in total. The Morgan fingerprint density at radius 1 is 1.16 bits per heavy atom. The molecule has 0 spiro atoms. The molecule has 1 heterocycles. The lowest BCUT2D eigenvalue weighted by atomic mass is 10.1. The van der Waals surface area contributed by atoms with E-state index in [0.29, 0.717) is 12.1 Å². The second-order valence-electron chi connectivity index (χ2n) is 5.79. The van der Waals surface area contributed by atoms with Crippen LogP contribution in [0, 0.1) is 11.3 Å². The number of hydrogen-bond donors (Lipinski definition) is 1. The van der Waals surface area contributed by atoms with Crippen molar-refractivity contribution in [3.63, 3.8) is 0 Å². The highest BCUT2D eigenvalue weighted by Gasteiger charge is 2.15. The van der Waals surface area contributed by atoms with Crippen LogP contribution in [0.2, 0.25) is 0 Å². The van der Waals surface area contributed by atoms with Crippen molar-refractivity contribution in [3.05, 3.63) is 61.8 Å². The van der Waals surface area contributed by atoms with Gasteiger partial charge in [0.1, 0.15) is 11.9 Å². The molecule has 0 aliphatic heterocycles. The van der Waals surface area contributed by atoms with Gasteiger partial charge < -0.3 is 10.2 Å². The summed E-state index contributed by atoms with van der Waals surface area (Å²) < 4.78 is 2.12. The van der Waals surface area contributed by atoms with Crippen molar-refractivity contribution in [3.8, 4) is 6.07 Å². The summed E-state index contributed by atoms with van der Waals surface area (Å²) in [4.78, 5) is 37.4. The van der Waals surface area contributed by atoms with Crippen LogP contribution in [0.25, 0.3) is 0 Å². The van der Waals surface area contributed by atoms with Gasteiger partial charge in [-0.3, -0.25) is 18.7 Å². The third-order valence-corrected chi connectivity index (χ3v) is 3.84. The lowest BCUT2D eigenvalue weighted by molar-refractivity contribution is 0.0827. The van der Waals surface area contributed by atoms with Crippen LogP contribution < -0.4 is 16.6 Å². The molecule has 0 radical (unpaired) electrons. The van der Waals surface area contributed by atoms with Crippen LogP contribution in [-0.4, -0.2) is 34.0 Å². The lowest BCUT2D eigenvalue weighted by Crippen LogP contribution is -2.39. The first kappa shape index (κ1) is 18.0. The molecular formula is C17H19N5O3. The van der Waals surface area contributed by atoms with E-state index in [4.69, 9.17) is 0 Å². The standard InChI is InChI=1S/C17H19N5O3/c1-20(2)15(23)12-7-5-11(6-8-12)10-19-14-13(9-18)16(24)22(4)17(25)21(14)3/h5-8,19H,10H2,1-4H3. The van der Waals surface area contributed by atoms with Crippen LogP contribution in [0.4, 0.5) is 5.82 Å². The molecule has 0 unspecified atom stereocenters. The molecule has 2 rings (SSSR count). The van der Waals surface area contributed by atoms with Crippen LogP contribution in [0.15, 0.2) is 33.9 Å². The second kappa shape index (κ2) is 7.05. The zero-order valence-electron chi connectivity index (χ0n) is 14.5. The Balaban J connectivity index is 2.28. The molecule has 0 bridgehead atoms. The minimum Gasteiger partial charge on any atom is -0.366 e. The number of aromatic nitrogens is 2. The van der Waals surface area contributed by atoms with E-state index in [1.54, 1.807) is 38.4 Å². The fraction of sp³-hybridized carbons (Fsp3) is 0.294. The number of rotatable bonds is 4. The van der Waals surface area contributed by atoms with Crippen LogP contribution in [0.5, 0.6) is 0 Å². The van der Waals surface area contributed by atoms with Crippen molar-refractivity contribution in [1.29, 1.82) is 5.26 Å². The molecule has 1 aromatic heterocycles. The Bertz CT molecular complexity index is 962. The number of nitriles is 1. The molecule has 8 heteroatoms. The summed E-state index contributed by atoms with van der Waals surface area (Å²) in [6, 6.07) is 8.79. The topological polar surface area (TPSA) is 100 Å². The van der Waals surface area contributed by atoms with E-state index in [1.807, 2.05) is 6.07 Å². The van der Waals surface area contributed by atoms with Crippen molar-refractivity contribution >= 4 is 11.7 Å². The molecular weight excluding hydrogens is 322 g/mol. The number of hydrogen-bond acceptors (Lipinski definition) is 5. The highest BCUT2D eigenvalue weighted by molar-refractivity contribution is 5.93. The van der Waals surface area contributed by atoms with E-state index in [9.17, 15) is 19.6 Å². The van der Waals surface area contributed by atoms with Gasteiger partial charge in [-0.1, -0.05) is 12.1 Å². The Morgan fingerprint density at radius 2 is 1.76 bits per heavy atom. The van der Waals surface area contributed by atoms with Crippen molar-refractivity contribution < 1.29 is 4.79 Å². The summed E-state index contributed by atoms with van der Waals surface area (Å²) in [5.74, 6) is 0.0734. The molecule has 2 aromatic rings. The second-order valence-corrected chi connectivity index (χ2v) is 5.79. The SMILES string of the molecule is CN(C)C(=O)c1ccc(CNc2c(C#N)c(=O)n(C)c(=O)n2C)cc1. The van der Waals surface area contributed by atoms with E-state index in [1.165, 1.54) is 23.6 Å². The summed E-state index contributed by atoms with van der Waals surface area (Å²) in [6.07, 6.45) is 0. The number of nitrogens with zero attached hydrogens (tertiary/aromatic N) is 4. The van der Waals surface area contributed by atoms with Gasteiger partial charge in [0.15, 0.2) is 5.56 Å². The molecule has 0 aliphatic rings. The predicted octanol–water partition coefficient (Wildman–Crippen LogP) is 0.270.